The summed E-state index contributed by atoms with van der Waals surface area (Å²) in [5.41, 5.74) is -3.29. The largest absolute Gasteiger partial charge is 0.466 e. The standard InChI is InChI=1S/C53H93NO16/c1-7-10-13-16-22-31-44(55)63-36-25-19-28-39-66-48(59)42-53(69-47(58)34-35-54-51(62)70-52(4,5)6,50(61)68-41-30-21-27-38-65-46(57)33-24-18-15-12-9-3)43-49(60)67-40-29-20-26-37-64-45(56)32-23-17-14-11-8-2/h7-43H2,1-6H3,(H,54,62). The van der Waals surface area contributed by atoms with Crippen LogP contribution in [0.25, 0.3) is 0 Å². The lowest BCUT2D eigenvalue weighted by atomic mass is 9.94. The van der Waals surface area contributed by atoms with Gasteiger partial charge in [0, 0.05) is 25.8 Å². The van der Waals surface area contributed by atoms with Crippen molar-refractivity contribution in [2.24, 2.45) is 0 Å². The topological polar surface area (TPSA) is 222 Å². The number of hydrogen-bond acceptors (Lipinski definition) is 16. The van der Waals surface area contributed by atoms with E-state index in [1.54, 1.807) is 20.8 Å². The molecule has 1 amide bonds. The first-order valence-electron chi connectivity index (χ1n) is 26.7. The van der Waals surface area contributed by atoms with E-state index in [4.69, 9.17) is 37.9 Å². The smallest absolute Gasteiger partial charge is 0.407 e. The van der Waals surface area contributed by atoms with Crippen LogP contribution in [0.5, 0.6) is 0 Å². The van der Waals surface area contributed by atoms with E-state index >= 15 is 0 Å². The van der Waals surface area contributed by atoms with Crippen LogP contribution in [0.15, 0.2) is 0 Å². The Morgan fingerprint density at radius 3 is 1.00 bits per heavy atom. The van der Waals surface area contributed by atoms with Crippen LogP contribution in [0.2, 0.25) is 0 Å². The van der Waals surface area contributed by atoms with Crippen molar-refractivity contribution in [1.29, 1.82) is 0 Å². The third-order valence-corrected chi connectivity index (χ3v) is 10.9. The number of esters is 7. The van der Waals surface area contributed by atoms with Crippen molar-refractivity contribution in [2.75, 3.05) is 46.2 Å². The molecule has 406 valence electrons. The first kappa shape index (κ1) is 65.6. The van der Waals surface area contributed by atoms with E-state index in [0.29, 0.717) is 77.0 Å². The monoisotopic (exact) mass is 1000 g/mol. The SMILES string of the molecule is CCCCCCCC(=O)OCCCCCOC(=O)CC(CC(=O)OCCCCCOC(=O)CCCCCCC)(OC(=O)CCNC(=O)OC(C)(C)C)C(=O)OCCCCCOC(=O)CCCCCCC. The Balaban J connectivity index is 5.71. The third-order valence-electron chi connectivity index (χ3n) is 10.9. The second kappa shape index (κ2) is 43.4. The molecule has 0 unspecified atom stereocenters. The zero-order valence-corrected chi connectivity index (χ0v) is 44.2. The number of alkyl carbamates (subject to hydrolysis) is 1. The van der Waals surface area contributed by atoms with E-state index in [-0.39, 0.29) is 64.1 Å². The second-order valence-electron chi connectivity index (χ2n) is 18.9. The van der Waals surface area contributed by atoms with Gasteiger partial charge < -0.3 is 43.2 Å². The number of rotatable bonds is 45. The van der Waals surface area contributed by atoms with E-state index in [0.717, 1.165) is 96.3 Å². The highest BCUT2D eigenvalue weighted by Crippen LogP contribution is 2.27. The molecule has 1 N–H and O–H groups in total. The van der Waals surface area contributed by atoms with Crippen LogP contribution >= 0.6 is 0 Å². The summed E-state index contributed by atoms with van der Waals surface area (Å²) in [5, 5.41) is 2.44. The molecule has 0 radical (unpaired) electrons. The van der Waals surface area contributed by atoms with Crippen molar-refractivity contribution in [3.8, 4) is 0 Å². The maximum absolute atomic E-state index is 14.0. The predicted molar refractivity (Wildman–Crippen MR) is 264 cm³/mol. The number of carbonyl (C=O) groups excluding carboxylic acids is 8. The zero-order chi connectivity index (χ0) is 52.1. The minimum Gasteiger partial charge on any atom is -0.466 e. The Labute approximate surface area is 419 Å². The van der Waals surface area contributed by atoms with Gasteiger partial charge in [-0.3, -0.25) is 28.8 Å². The van der Waals surface area contributed by atoms with Crippen molar-refractivity contribution < 1.29 is 76.3 Å². The normalized spacial score (nSPS) is 11.3. The van der Waals surface area contributed by atoms with Crippen LogP contribution in [0.1, 0.15) is 234 Å². The highest BCUT2D eigenvalue weighted by molar-refractivity contribution is 5.92. The molecule has 0 aromatic rings. The highest BCUT2D eigenvalue weighted by Gasteiger charge is 2.49. The number of unbranched alkanes of at least 4 members (excludes halogenated alkanes) is 18. The fraction of sp³-hybridized carbons (Fsp3) is 0.849. The Hall–Kier alpha value is -4.44. The lowest BCUT2D eigenvalue weighted by Crippen LogP contribution is -2.49. The average Bonchev–Trinajstić information content (AvgIpc) is 3.29. The van der Waals surface area contributed by atoms with Crippen molar-refractivity contribution in [1.82, 2.24) is 5.32 Å². The van der Waals surface area contributed by atoms with E-state index in [1.807, 2.05) is 0 Å². The summed E-state index contributed by atoms with van der Waals surface area (Å²) in [5.74, 6) is -4.82. The zero-order valence-electron chi connectivity index (χ0n) is 44.2. The van der Waals surface area contributed by atoms with Crippen molar-refractivity contribution in [3.05, 3.63) is 0 Å². The van der Waals surface area contributed by atoms with Gasteiger partial charge in [-0.05, 0) is 97.8 Å². The molecule has 0 fully saturated rings. The van der Waals surface area contributed by atoms with Gasteiger partial charge in [-0.15, -0.1) is 0 Å². The predicted octanol–water partition coefficient (Wildman–Crippen LogP) is 10.8. The molecule has 0 rings (SSSR count). The Morgan fingerprint density at radius 2 is 0.657 bits per heavy atom. The molecule has 0 aliphatic carbocycles. The lowest BCUT2D eigenvalue weighted by Gasteiger charge is -2.30. The number of carbonyl (C=O) groups is 8. The van der Waals surface area contributed by atoms with Crippen molar-refractivity contribution in [2.45, 2.75) is 245 Å². The van der Waals surface area contributed by atoms with Crippen LogP contribution < -0.4 is 5.32 Å². The first-order chi connectivity index (χ1) is 33.6. The van der Waals surface area contributed by atoms with E-state index in [9.17, 15) is 38.4 Å². The highest BCUT2D eigenvalue weighted by atomic mass is 16.6. The minimum atomic E-state index is -2.49. The summed E-state index contributed by atoms with van der Waals surface area (Å²) < 4.78 is 43.4. The Morgan fingerprint density at radius 1 is 0.343 bits per heavy atom. The van der Waals surface area contributed by atoms with Gasteiger partial charge in [0.15, 0.2) is 0 Å². The number of nitrogens with one attached hydrogen (secondary N) is 1. The maximum Gasteiger partial charge on any atom is 0.407 e. The van der Waals surface area contributed by atoms with Crippen LogP contribution in [-0.2, 0) is 71.5 Å². The Kier molecular flexibility index (Phi) is 40.6. The van der Waals surface area contributed by atoms with Crippen LogP contribution in [0.4, 0.5) is 4.79 Å². The summed E-state index contributed by atoms with van der Waals surface area (Å²) in [7, 11) is 0. The minimum absolute atomic E-state index is 0.0642. The second-order valence-corrected chi connectivity index (χ2v) is 18.9. The molecule has 0 bridgehead atoms. The molecular formula is C53H93NO16. The van der Waals surface area contributed by atoms with E-state index in [2.05, 4.69) is 26.1 Å². The molecule has 0 aliphatic heterocycles. The third kappa shape index (κ3) is 40.3. The average molecular weight is 1000 g/mol. The van der Waals surface area contributed by atoms with Crippen molar-refractivity contribution in [3.63, 3.8) is 0 Å². The molecular weight excluding hydrogens is 907 g/mol. The first-order valence-corrected chi connectivity index (χ1v) is 26.7. The van der Waals surface area contributed by atoms with Gasteiger partial charge >= 0.3 is 47.9 Å². The molecule has 0 aliphatic rings. The molecule has 0 aromatic carbocycles. The Bertz CT molecular complexity index is 1390. The van der Waals surface area contributed by atoms with Gasteiger partial charge in [-0.25, -0.2) is 9.59 Å². The van der Waals surface area contributed by atoms with Crippen LogP contribution in [0, 0.1) is 0 Å². The molecule has 0 aromatic heterocycles. The van der Waals surface area contributed by atoms with Gasteiger partial charge in [0.1, 0.15) is 5.60 Å². The maximum atomic E-state index is 14.0. The number of ether oxygens (including phenoxy) is 8. The van der Waals surface area contributed by atoms with Gasteiger partial charge in [0.05, 0.1) is 58.9 Å². The quantitative estimate of drug-likeness (QED) is 0.0340. The fourth-order valence-corrected chi connectivity index (χ4v) is 6.94. The summed E-state index contributed by atoms with van der Waals surface area (Å²) in [6.45, 7) is 11.5. The molecule has 70 heavy (non-hydrogen) atoms. The summed E-state index contributed by atoms with van der Waals surface area (Å²) >= 11 is 0. The van der Waals surface area contributed by atoms with Crippen molar-refractivity contribution >= 4 is 47.9 Å². The van der Waals surface area contributed by atoms with Gasteiger partial charge in [0.2, 0.25) is 5.60 Å². The number of amides is 1. The fourth-order valence-electron chi connectivity index (χ4n) is 6.94. The summed E-state index contributed by atoms with van der Waals surface area (Å²) in [6.07, 6.45) is 17.8. The van der Waals surface area contributed by atoms with E-state index in [1.165, 1.54) is 0 Å². The van der Waals surface area contributed by atoms with Crippen LogP contribution in [-0.4, -0.2) is 105 Å². The lowest BCUT2D eigenvalue weighted by molar-refractivity contribution is -0.191. The molecule has 17 heteroatoms. The molecule has 17 nitrogen and oxygen atoms in total. The van der Waals surface area contributed by atoms with Crippen LogP contribution in [0.3, 0.4) is 0 Å². The number of hydrogen-bond donors (Lipinski definition) is 1. The van der Waals surface area contributed by atoms with E-state index < -0.39 is 60.4 Å². The molecule has 0 spiro atoms. The summed E-state index contributed by atoms with van der Waals surface area (Å²) in [6, 6.07) is 0. The molecule has 0 saturated carbocycles. The molecule has 0 atom stereocenters. The summed E-state index contributed by atoms with van der Waals surface area (Å²) in [4.78, 5) is 103. The molecule has 0 heterocycles. The van der Waals surface area contributed by atoms with Gasteiger partial charge in [0.25, 0.3) is 0 Å². The van der Waals surface area contributed by atoms with Gasteiger partial charge in [-0.1, -0.05) is 97.8 Å². The van der Waals surface area contributed by atoms with Gasteiger partial charge in [-0.2, -0.15) is 0 Å². The molecule has 0 saturated heterocycles.